The number of hydrogen-bond acceptors (Lipinski definition) is 8. The van der Waals surface area contributed by atoms with Crippen molar-refractivity contribution in [3.8, 4) is 0 Å². The second kappa shape index (κ2) is 9.03. The Bertz CT molecular complexity index is 1440. The Morgan fingerprint density at radius 1 is 0.647 bits per heavy atom. The van der Waals surface area contributed by atoms with Crippen LogP contribution < -0.4 is 0 Å². The van der Waals surface area contributed by atoms with Gasteiger partial charge in [0.2, 0.25) is 0 Å². The molecule has 34 heavy (non-hydrogen) atoms. The van der Waals surface area contributed by atoms with Crippen molar-refractivity contribution >= 4 is 42.0 Å². The fourth-order valence-corrected chi connectivity index (χ4v) is 6.87. The first-order valence-corrected chi connectivity index (χ1v) is 13.7. The van der Waals surface area contributed by atoms with Gasteiger partial charge in [-0.25, -0.2) is 0 Å². The highest BCUT2D eigenvalue weighted by Crippen LogP contribution is 2.31. The van der Waals surface area contributed by atoms with Crippen molar-refractivity contribution in [1.29, 1.82) is 0 Å². The van der Waals surface area contributed by atoms with E-state index in [2.05, 4.69) is 9.97 Å². The van der Waals surface area contributed by atoms with Gasteiger partial charge in [0.05, 0.1) is 23.2 Å². The predicted molar refractivity (Wildman–Crippen MR) is 126 cm³/mol. The van der Waals surface area contributed by atoms with E-state index < -0.39 is 32.4 Å². The van der Waals surface area contributed by atoms with Crippen LogP contribution in [0.25, 0.3) is 21.8 Å². The molecular formula is C24H22N2O6S2. The molecule has 0 bridgehead atoms. The molecule has 5 rings (SSSR count). The molecular weight excluding hydrogens is 476 g/mol. The van der Waals surface area contributed by atoms with E-state index in [1.807, 2.05) is 0 Å². The summed E-state index contributed by atoms with van der Waals surface area (Å²) in [7, 11) is -8.22. The lowest BCUT2D eigenvalue weighted by atomic mass is 9.95. The fraction of sp³-hybridized carbons (Fsp3) is 0.250. The predicted octanol–water partition coefficient (Wildman–Crippen LogP) is 4.21. The van der Waals surface area contributed by atoms with Crippen molar-refractivity contribution in [2.24, 2.45) is 0 Å². The Morgan fingerprint density at radius 3 is 1.56 bits per heavy atom. The summed E-state index contributed by atoms with van der Waals surface area (Å²) in [5, 5.41) is 1.37. The SMILES string of the molecule is O=S(=O)(OC1CCCC(OS(=O)(=O)c2cccc3cccnc23)C1)c1cccc2cccnc12. The van der Waals surface area contributed by atoms with Crippen molar-refractivity contribution in [1.82, 2.24) is 9.97 Å². The van der Waals surface area contributed by atoms with E-state index in [1.54, 1.807) is 48.5 Å². The number of para-hydroxylation sites is 2. The maximum atomic E-state index is 13.0. The zero-order valence-corrected chi connectivity index (χ0v) is 19.7. The third-order valence-corrected chi connectivity index (χ3v) is 8.62. The van der Waals surface area contributed by atoms with Crippen LogP contribution in [0.15, 0.2) is 82.8 Å². The van der Waals surface area contributed by atoms with Crippen LogP contribution in [0.1, 0.15) is 25.7 Å². The highest BCUT2D eigenvalue weighted by molar-refractivity contribution is 7.87. The summed E-state index contributed by atoms with van der Waals surface area (Å²) in [6, 6.07) is 16.8. The largest absolute Gasteiger partial charge is 0.299 e. The molecule has 0 amide bonds. The van der Waals surface area contributed by atoms with Gasteiger partial charge in [-0.1, -0.05) is 36.4 Å². The highest BCUT2D eigenvalue weighted by atomic mass is 32.2. The van der Waals surface area contributed by atoms with Gasteiger partial charge in [-0.3, -0.25) is 18.3 Å². The van der Waals surface area contributed by atoms with Crippen molar-refractivity contribution < 1.29 is 25.2 Å². The summed E-state index contributed by atoms with van der Waals surface area (Å²) in [4.78, 5) is 8.36. The molecule has 176 valence electrons. The Labute approximate surface area is 197 Å². The number of nitrogens with zero attached hydrogens (tertiary/aromatic N) is 2. The summed E-state index contributed by atoms with van der Waals surface area (Å²) < 4.78 is 63.3. The van der Waals surface area contributed by atoms with E-state index in [-0.39, 0.29) is 16.2 Å². The van der Waals surface area contributed by atoms with Crippen LogP contribution >= 0.6 is 0 Å². The normalized spacial score (nSPS) is 19.4. The van der Waals surface area contributed by atoms with Crippen molar-refractivity contribution in [3.05, 3.63) is 73.1 Å². The highest BCUT2D eigenvalue weighted by Gasteiger charge is 2.33. The second-order valence-corrected chi connectivity index (χ2v) is 11.3. The third kappa shape index (κ3) is 4.54. The van der Waals surface area contributed by atoms with Gasteiger partial charge in [-0.2, -0.15) is 16.8 Å². The molecule has 1 aliphatic rings. The molecule has 2 aromatic heterocycles. The lowest BCUT2D eigenvalue weighted by Gasteiger charge is -2.28. The average Bonchev–Trinajstić information content (AvgIpc) is 2.83. The van der Waals surface area contributed by atoms with E-state index in [0.717, 1.165) is 0 Å². The molecule has 1 fully saturated rings. The van der Waals surface area contributed by atoms with Gasteiger partial charge in [-0.05, 0) is 43.5 Å². The van der Waals surface area contributed by atoms with E-state index in [1.165, 1.54) is 24.5 Å². The van der Waals surface area contributed by atoms with Gasteiger partial charge >= 0.3 is 0 Å². The van der Waals surface area contributed by atoms with E-state index >= 15 is 0 Å². The number of rotatable bonds is 6. The molecule has 1 aliphatic carbocycles. The topological polar surface area (TPSA) is 113 Å². The molecule has 2 unspecified atom stereocenters. The van der Waals surface area contributed by atoms with Gasteiger partial charge in [0, 0.05) is 29.6 Å². The minimum absolute atomic E-state index is 0.0110. The first kappa shape index (κ1) is 22.9. The summed E-state index contributed by atoms with van der Waals surface area (Å²) in [6.45, 7) is 0. The van der Waals surface area contributed by atoms with Gasteiger partial charge in [-0.15, -0.1) is 0 Å². The van der Waals surface area contributed by atoms with Gasteiger partial charge in [0.1, 0.15) is 9.79 Å². The standard InChI is InChI=1S/C24H22N2O6S2/c27-33(28,21-12-1-6-17-8-4-14-25-23(17)21)31-19-10-3-11-20(16-19)32-34(29,30)22-13-2-7-18-9-5-15-26-24(18)22/h1-2,4-9,12-15,19-20H,3,10-11,16H2. The van der Waals surface area contributed by atoms with Crippen LogP contribution in [-0.2, 0) is 28.6 Å². The molecule has 2 aromatic carbocycles. The average molecular weight is 499 g/mol. The van der Waals surface area contributed by atoms with Gasteiger partial charge < -0.3 is 0 Å². The quantitative estimate of drug-likeness (QED) is 0.364. The Kier molecular flexibility index (Phi) is 6.07. The first-order chi connectivity index (χ1) is 16.3. The second-order valence-electron chi connectivity index (χ2n) is 8.17. The number of fused-ring (bicyclic) bond motifs is 2. The fourth-order valence-electron chi connectivity index (χ4n) is 4.29. The molecule has 0 spiro atoms. The number of benzene rings is 2. The van der Waals surface area contributed by atoms with Crippen LogP contribution in [0.5, 0.6) is 0 Å². The monoisotopic (exact) mass is 498 g/mol. The van der Waals surface area contributed by atoms with E-state index in [9.17, 15) is 16.8 Å². The van der Waals surface area contributed by atoms with Crippen molar-refractivity contribution in [2.75, 3.05) is 0 Å². The molecule has 4 aromatic rings. The van der Waals surface area contributed by atoms with E-state index in [4.69, 9.17) is 8.37 Å². The molecule has 0 radical (unpaired) electrons. The third-order valence-electron chi connectivity index (χ3n) is 5.83. The van der Waals surface area contributed by atoms with Crippen LogP contribution in [0, 0.1) is 0 Å². The summed E-state index contributed by atoms with van der Waals surface area (Å²) in [6.07, 6.45) is 3.31. The molecule has 2 heterocycles. The molecule has 2 atom stereocenters. The summed E-state index contributed by atoms with van der Waals surface area (Å²) >= 11 is 0. The van der Waals surface area contributed by atoms with Crippen LogP contribution in [-0.4, -0.2) is 39.0 Å². The minimum Gasteiger partial charge on any atom is -0.263 e. The smallest absolute Gasteiger partial charge is 0.263 e. The van der Waals surface area contributed by atoms with E-state index in [0.29, 0.717) is 41.1 Å². The lowest BCUT2D eigenvalue weighted by molar-refractivity contribution is 0.0761. The lowest BCUT2D eigenvalue weighted by Crippen LogP contribution is -2.31. The Morgan fingerprint density at radius 2 is 1.09 bits per heavy atom. The molecule has 0 saturated heterocycles. The summed E-state index contributed by atoms with van der Waals surface area (Å²) in [5.74, 6) is 0. The molecule has 8 nitrogen and oxygen atoms in total. The molecule has 1 saturated carbocycles. The summed E-state index contributed by atoms with van der Waals surface area (Å²) in [5.41, 5.74) is 0.666. The minimum atomic E-state index is -4.11. The van der Waals surface area contributed by atoms with Crippen LogP contribution in [0.4, 0.5) is 0 Å². The van der Waals surface area contributed by atoms with Crippen LogP contribution in [0.3, 0.4) is 0 Å². The van der Waals surface area contributed by atoms with Gasteiger partial charge in [0.25, 0.3) is 20.2 Å². The van der Waals surface area contributed by atoms with Crippen molar-refractivity contribution in [3.63, 3.8) is 0 Å². The van der Waals surface area contributed by atoms with Gasteiger partial charge in [0.15, 0.2) is 0 Å². The Hall–Kier alpha value is -2.92. The molecule has 0 aliphatic heterocycles. The maximum Gasteiger partial charge on any atom is 0.299 e. The zero-order chi connectivity index (χ0) is 23.8. The zero-order valence-electron chi connectivity index (χ0n) is 18.1. The number of hydrogen-bond donors (Lipinski definition) is 0. The van der Waals surface area contributed by atoms with Crippen molar-refractivity contribution in [2.45, 2.75) is 47.7 Å². The number of aromatic nitrogens is 2. The number of pyridine rings is 2. The molecule has 10 heteroatoms. The first-order valence-electron chi connectivity index (χ1n) is 10.9. The molecule has 0 N–H and O–H groups in total. The maximum absolute atomic E-state index is 13.0. The Balaban J connectivity index is 1.35. The van der Waals surface area contributed by atoms with Crippen LogP contribution in [0.2, 0.25) is 0 Å².